The van der Waals surface area contributed by atoms with E-state index in [-0.39, 0.29) is 0 Å². The predicted octanol–water partition coefficient (Wildman–Crippen LogP) is 5.15. The molecule has 0 spiro atoms. The maximum absolute atomic E-state index is 12.8. The van der Waals surface area contributed by atoms with Gasteiger partial charge in [-0.25, -0.2) is 4.98 Å². The van der Waals surface area contributed by atoms with Crippen molar-refractivity contribution >= 4 is 39.9 Å². The lowest BCUT2D eigenvalue weighted by Crippen LogP contribution is -2.35. The number of carbonyl (C=O) groups is 1. The second-order valence-electron chi connectivity index (χ2n) is 8.74. The fourth-order valence-corrected chi connectivity index (χ4v) is 5.30. The Morgan fingerprint density at radius 3 is 2.77 bits per heavy atom. The van der Waals surface area contributed by atoms with Crippen LogP contribution in [0.1, 0.15) is 44.9 Å². The zero-order chi connectivity index (χ0) is 20.5. The van der Waals surface area contributed by atoms with E-state index in [1.807, 2.05) is 18.2 Å². The number of nitrogens with zero attached hydrogens (tertiary/aromatic N) is 4. The highest BCUT2D eigenvalue weighted by Crippen LogP contribution is 2.30. The Hall–Kier alpha value is -2.27. The van der Waals surface area contributed by atoms with Crippen LogP contribution in [0.3, 0.4) is 0 Å². The lowest BCUT2D eigenvalue weighted by Gasteiger charge is -2.24. The summed E-state index contributed by atoms with van der Waals surface area (Å²) >= 11 is 6.23. The summed E-state index contributed by atoms with van der Waals surface area (Å²) in [6, 6.07) is 10.0. The van der Waals surface area contributed by atoms with Gasteiger partial charge in [-0.3, -0.25) is 4.79 Å². The molecule has 158 valence electrons. The number of hydrogen-bond acceptors (Lipinski definition) is 3. The number of fused-ring (bicyclic) bond motifs is 3. The molecule has 6 heteroatoms. The van der Waals surface area contributed by atoms with Crippen LogP contribution < -0.4 is 4.90 Å². The van der Waals surface area contributed by atoms with Gasteiger partial charge in [-0.15, -0.1) is 0 Å². The van der Waals surface area contributed by atoms with E-state index in [0.29, 0.717) is 17.4 Å². The number of amides is 1. The molecular formula is C24H29ClN4O. The average Bonchev–Trinajstić information content (AvgIpc) is 3.39. The van der Waals surface area contributed by atoms with E-state index in [9.17, 15) is 4.79 Å². The van der Waals surface area contributed by atoms with Gasteiger partial charge in [0.15, 0.2) is 5.82 Å². The smallest absolute Gasteiger partial charge is 0.222 e. The van der Waals surface area contributed by atoms with Crippen LogP contribution in [0.25, 0.3) is 16.6 Å². The van der Waals surface area contributed by atoms with Crippen LogP contribution in [0, 0.1) is 5.92 Å². The van der Waals surface area contributed by atoms with E-state index < -0.39 is 0 Å². The van der Waals surface area contributed by atoms with Gasteiger partial charge < -0.3 is 14.2 Å². The molecule has 2 aromatic heterocycles. The van der Waals surface area contributed by atoms with Crippen molar-refractivity contribution in [3.63, 3.8) is 0 Å². The molecule has 30 heavy (non-hydrogen) atoms. The summed E-state index contributed by atoms with van der Waals surface area (Å²) in [6.45, 7) is 3.34. The van der Waals surface area contributed by atoms with Crippen molar-refractivity contribution < 1.29 is 4.79 Å². The highest BCUT2D eigenvalue weighted by atomic mass is 35.5. The zero-order valence-electron chi connectivity index (χ0n) is 17.4. The van der Waals surface area contributed by atoms with Crippen molar-refractivity contribution in [1.29, 1.82) is 0 Å². The van der Waals surface area contributed by atoms with Gasteiger partial charge in [0, 0.05) is 43.8 Å². The topological polar surface area (TPSA) is 40.9 Å². The summed E-state index contributed by atoms with van der Waals surface area (Å²) < 4.78 is 2.18. The lowest BCUT2D eigenvalue weighted by atomic mass is 10.0. The third-order valence-corrected chi connectivity index (χ3v) is 7.03. The first-order valence-corrected chi connectivity index (χ1v) is 11.7. The van der Waals surface area contributed by atoms with E-state index in [1.165, 1.54) is 25.7 Å². The van der Waals surface area contributed by atoms with Crippen LogP contribution in [-0.2, 0) is 4.79 Å². The normalized spacial score (nSPS) is 18.4. The second kappa shape index (κ2) is 8.46. The Morgan fingerprint density at radius 2 is 1.90 bits per heavy atom. The van der Waals surface area contributed by atoms with Gasteiger partial charge in [0.05, 0.1) is 16.6 Å². The van der Waals surface area contributed by atoms with Crippen LogP contribution in [0.2, 0.25) is 5.02 Å². The molecule has 1 saturated heterocycles. The molecule has 0 bridgehead atoms. The maximum atomic E-state index is 12.8. The Bertz CT molecular complexity index is 1060. The first-order valence-electron chi connectivity index (χ1n) is 11.3. The third-order valence-electron chi connectivity index (χ3n) is 6.79. The lowest BCUT2D eigenvalue weighted by molar-refractivity contribution is -0.131. The SMILES string of the molecule is O=C(CCC1CCCC1)N1CCCN(c2nc3cc(Cl)ccc3n3cccc23)CC1. The van der Waals surface area contributed by atoms with E-state index in [1.54, 1.807) is 0 Å². The first-order chi connectivity index (χ1) is 14.7. The first kappa shape index (κ1) is 19.7. The van der Waals surface area contributed by atoms with Crippen LogP contribution in [-0.4, -0.2) is 46.4 Å². The molecule has 1 aliphatic heterocycles. The van der Waals surface area contributed by atoms with Crippen molar-refractivity contribution in [2.75, 3.05) is 31.1 Å². The molecule has 0 atom stereocenters. The quantitative estimate of drug-likeness (QED) is 0.581. The molecule has 2 aliphatic rings. The van der Waals surface area contributed by atoms with Crippen LogP contribution in [0.15, 0.2) is 36.5 Å². The van der Waals surface area contributed by atoms with Crippen LogP contribution in [0.4, 0.5) is 5.82 Å². The van der Waals surface area contributed by atoms with E-state index >= 15 is 0 Å². The van der Waals surface area contributed by atoms with Crippen molar-refractivity contribution in [2.24, 2.45) is 5.92 Å². The van der Waals surface area contributed by atoms with Gasteiger partial charge in [-0.2, -0.15) is 0 Å². The minimum Gasteiger partial charge on any atom is -0.353 e. The van der Waals surface area contributed by atoms with Gasteiger partial charge in [0.1, 0.15) is 0 Å². The number of anilines is 1. The number of benzene rings is 1. The third kappa shape index (κ3) is 3.87. The molecule has 1 amide bonds. The zero-order valence-corrected chi connectivity index (χ0v) is 18.2. The van der Waals surface area contributed by atoms with Gasteiger partial charge in [-0.05, 0) is 49.1 Å². The van der Waals surface area contributed by atoms with Crippen molar-refractivity contribution in [3.8, 4) is 0 Å². The van der Waals surface area contributed by atoms with Crippen molar-refractivity contribution in [2.45, 2.75) is 44.9 Å². The minimum atomic E-state index is 0.329. The number of carbonyl (C=O) groups excluding carboxylic acids is 1. The molecule has 0 unspecified atom stereocenters. The summed E-state index contributed by atoms with van der Waals surface area (Å²) in [5.74, 6) is 2.08. The Morgan fingerprint density at radius 1 is 1.03 bits per heavy atom. The molecule has 5 rings (SSSR count). The number of hydrogen-bond donors (Lipinski definition) is 0. The molecule has 3 heterocycles. The Labute approximate surface area is 182 Å². The number of rotatable bonds is 4. The largest absolute Gasteiger partial charge is 0.353 e. The number of halogens is 1. The highest BCUT2D eigenvalue weighted by molar-refractivity contribution is 6.31. The summed E-state index contributed by atoms with van der Waals surface area (Å²) in [6.07, 6.45) is 10.1. The fourth-order valence-electron chi connectivity index (χ4n) is 5.13. The summed E-state index contributed by atoms with van der Waals surface area (Å²) in [5.41, 5.74) is 3.06. The standard InChI is InChI=1S/C24H29ClN4O/c25-19-9-10-21-20(17-19)26-24(22-7-3-14-29(21)22)28-13-4-12-27(15-16-28)23(30)11-8-18-5-1-2-6-18/h3,7,9-10,14,17-18H,1-2,4-6,8,11-13,15-16H2. The van der Waals surface area contributed by atoms with Crippen LogP contribution in [0.5, 0.6) is 0 Å². The Kier molecular flexibility index (Phi) is 5.55. The van der Waals surface area contributed by atoms with Crippen molar-refractivity contribution in [1.82, 2.24) is 14.3 Å². The summed E-state index contributed by atoms with van der Waals surface area (Å²) in [5, 5.41) is 0.697. The second-order valence-corrected chi connectivity index (χ2v) is 9.18. The van der Waals surface area contributed by atoms with Crippen LogP contribution >= 0.6 is 11.6 Å². The van der Waals surface area contributed by atoms with Gasteiger partial charge in [-0.1, -0.05) is 37.3 Å². The van der Waals surface area contributed by atoms with Crippen molar-refractivity contribution in [3.05, 3.63) is 41.6 Å². The van der Waals surface area contributed by atoms with Gasteiger partial charge in [0.2, 0.25) is 5.91 Å². The van der Waals surface area contributed by atoms with E-state index in [2.05, 4.69) is 32.5 Å². The van der Waals surface area contributed by atoms with E-state index in [0.717, 1.165) is 67.3 Å². The molecule has 1 aromatic carbocycles. The maximum Gasteiger partial charge on any atom is 0.222 e. The molecule has 0 radical (unpaired) electrons. The molecule has 0 N–H and O–H groups in total. The molecule has 2 fully saturated rings. The summed E-state index contributed by atoms with van der Waals surface area (Å²) in [4.78, 5) is 22.2. The van der Waals surface area contributed by atoms with Gasteiger partial charge >= 0.3 is 0 Å². The Balaban J connectivity index is 1.33. The molecule has 1 aliphatic carbocycles. The molecule has 5 nitrogen and oxygen atoms in total. The molecule has 1 saturated carbocycles. The average molecular weight is 425 g/mol. The number of aromatic nitrogens is 2. The monoisotopic (exact) mass is 424 g/mol. The highest BCUT2D eigenvalue weighted by Gasteiger charge is 2.23. The minimum absolute atomic E-state index is 0.329. The van der Waals surface area contributed by atoms with Gasteiger partial charge in [0.25, 0.3) is 0 Å². The fraction of sp³-hybridized carbons (Fsp3) is 0.500. The summed E-state index contributed by atoms with van der Waals surface area (Å²) in [7, 11) is 0. The molecular weight excluding hydrogens is 396 g/mol. The molecule has 3 aromatic rings. The van der Waals surface area contributed by atoms with E-state index in [4.69, 9.17) is 16.6 Å². The predicted molar refractivity (Wildman–Crippen MR) is 122 cm³/mol.